The van der Waals surface area contributed by atoms with Gasteiger partial charge in [0.15, 0.2) is 5.69 Å². The van der Waals surface area contributed by atoms with Crippen molar-refractivity contribution in [2.45, 2.75) is 37.9 Å². The van der Waals surface area contributed by atoms with Gasteiger partial charge in [0.05, 0.1) is 5.54 Å². The number of aromatic hydroxyl groups is 1. The predicted octanol–water partition coefficient (Wildman–Crippen LogP) is 1.00. The van der Waals surface area contributed by atoms with Crippen molar-refractivity contribution in [3.8, 4) is 5.75 Å². The van der Waals surface area contributed by atoms with Gasteiger partial charge in [0.1, 0.15) is 11.6 Å². The van der Waals surface area contributed by atoms with Crippen LogP contribution in [-0.4, -0.2) is 27.1 Å². The molecule has 1 fully saturated rings. The van der Waals surface area contributed by atoms with Crippen LogP contribution in [0.5, 0.6) is 5.75 Å². The van der Waals surface area contributed by atoms with Crippen molar-refractivity contribution in [1.82, 2.24) is 20.2 Å². The van der Waals surface area contributed by atoms with Gasteiger partial charge in [-0.15, -0.1) is 0 Å². The minimum atomic E-state index is -0.637. The molecule has 8 heteroatoms. The first-order valence-electron chi connectivity index (χ1n) is 8.62. The lowest BCUT2D eigenvalue weighted by molar-refractivity contribution is 0.0935. The summed E-state index contributed by atoms with van der Waals surface area (Å²) in [7, 11) is 0. The minimum Gasteiger partial charge on any atom is -0.501 e. The van der Waals surface area contributed by atoms with E-state index in [1.165, 1.54) is 16.7 Å². The molecule has 2 heterocycles. The molecule has 136 valence electrons. The third-order valence-corrected chi connectivity index (χ3v) is 5.16. The molecule has 1 aromatic carbocycles. The van der Waals surface area contributed by atoms with Gasteiger partial charge in [-0.05, 0) is 37.0 Å². The second-order valence-corrected chi connectivity index (χ2v) is 6.76. The molecule has 0 bridgehead atoms. The summed E-state index contributed by atoms with van der Waals surface area (Å²) >= 11 is 0. The average molecular weight is 358 g/mol. The summed E-state index contributed by atoms with van der Waals surface area (Å²) in [4.78, 5) is 29.3. The van der Waals surface area contributed by atoms with Gasteiger partial charge in [0, 0.05) is 19.6 Å². The van der Waals surface area contributed by atoms with Crippen molar-refractivity contribution in [1.29, 1.82) is 0 Å². The summed E-state index contributed by atoms with van der Waals surface area (Å²) in [6, 6.07) is 5.71. The molecule has 1 spiro atoms. The fourth-order valence-corrected chi connectivity index (χ4v) is 3.56. The molecule has 26 heavy (non-hydrogen) atoms. The molecule has 4 rings (SSSR count). The van der Waals surface area contributed by atoms with Crippen LogP contribution in [0.3, 0.4) is 0 Å². The van der Waals surface area contributed by atoms with E-state index in [2.05, 4.69) is 15.6 Å². The Balaban J connectivity index is 1.63. The largest absolute Gasteiger partial charge is 0.501 e. The zero-order valence-electron chi connectivity index (χ0n) is 14.1. The van der Waals surface area contributed by atoms with E-state index in [1.807, 2.05) is 0 Å². The maximum atomic E-state index is 12.9. The Labute approximate surface area is 148 Å². The quantitative estimate of drug-likeness (QED) is 0.761. The van der Waals surface area contributed by atoms with Crippen molar-refractivity contribution in [3.05, 3.63) is 57.5 Å². The van der Waals surface area contributed by atoms with Crippen molar-refractivity contribution in [3.63, 3.8) is 0 Å². The van der Waals surface area contributed by atoms with Crippen LogP contribution >= 0.6 is 0 Å². The topological polar surface area (TPSA) is 96.2 Å². The van der Waals surface area contributed by atoms with E-state index in [4.69, 9.17) is 0 Å². The standard InChI is InChI=1S/C18H19FN4O3/c19-12-4-2-11(3-5-12)10-20-15(25)13-14(24)16(26)23-9-8-21-18(6-1-7-18)17(23)22-13/h2-5,21,24H,1,6-10H2,(H,20,25). The Bertz CT molecular complexity index is 919. The number of rotatable bonds is 3. The molecule has 7 nitrogen and oxygen atoms in total. The number of aromatic nitrogens is 2. The highest BCUT2D eigenvalue weighted by molar-refractivity contribution is 5.94. The number of nitrogens with one attached hydrogen (secondary N) is 2. The van der Waals surface area contributed by atoms with Gasteiger partial charge in [-0.2, -0.15) is 0 Å². The van der Waals surface area contributed by atoms with E-state index in [9.17, 15) is 19.1 Å². The minimum absolute atomic E-state index is 0.141. The van der Waals surface area contributed by atoms with E-state index >= 15 is 0 Å². The van der Waals surface area contributed by atoms with Crippen molar-refractivity contribution in [2.24, 2.45) is 0 Å². The highest BCUT2D eigenvalue weighted by atomic mass is 19.1. The molecule has 0 atom stereocenters. The molecule has 0 radical (unpaired) electrons. The zero-order valence-corrected chi connectivity index (χ0v) is 14.1. The fraction of sp³-hybridized carbons (Fsp3) is 0.389. The first-order valence-corrected chi connectivity index (χ1v) is 8.62. The van der Waals surface area contributed by atoms with Crippen LogP contribution in [0.1, 0.15) is 41.1 Å². The molecule has 2 aromatic rings. The molecule has 1 aliphatic heterocycles. The zero-order chi connectivity index (χ0) is 18.3. The van der Waals surface area contributed by atoms with E-state index in [0.29, 0.717) is 24.5 Å². The molecule has 3 N–H and O–H groups in total. The van der Waals surface area contributed by atoms with Gasteiger partial charge in [-0.1, -0.05) is 12.1 Å². The normalized spacial score (nSPS) is 17.4. The molecular weight excluding hydrogens is 339 g/mol. The third kappa shape index (κ3) is 2.66. The summed E-state index contributed by atoms with van der Waals surface area (Å²) < 4.78 is 14.4. The molecule has 0 unspecified atom stereocenters. The summed E-state index contributed by atoms with van der Waals surface area (Å²) in [6.45, 7) is 1.18. The molecule has 1 aromatic heterocycles. The van der Waals surface area contributed by atoms with Crippen LogP contribution < -0.4 is 16.2 Å². The Morgan fingerprint density at radius 3 is 2.73 bits per heavy atom. The summed E-state index contributed by atoms with van der Waals surface area (Å²) in [5.74, 6) is -1.11. The van der Waals surface area contributed by atoms with E-state index in [1.54, 1.807) is 12.1 Å². The Morgan fingerprint density at radius 2 is 2.08 bits per heavy atom. The smallest absolute Gasteiger partial charge is 0.296 e. The van der Waals surface area contributed by atoms with Crippen molar-refractivity contribution >= 4 is 5.91 Å². The lowest BCUT2D eigenvalue weighted by Crippen LogP contribution is -2.57. The maximum Gasteiger partial charge on any atom is 0.296 e. The Hall–Kier alpha value is -2.74. The summed E-state index contributed by atoms with van der Waals surface area (Å²) in [5, 5.41) is 16.2. The average Bonchev–Trinajstić information content (AvgIpc) is 2.62. The van der Waals surface area contributed by atoms with E-state index < -0.39 is 17.2 Å². The molecule has 1 aliphatic carbocycles. The lowest BCUT2D eigenvalue weighted by Gasteiger charge is -2.45. The van der Waals surface area contributed by atoms with E-state index in [-0.39, 0.29) is 23.6 Å². The van der Waals surface area contributed by atoms with Gasteiger partial charge >= 0.3 is 0 Å². The Kier molecular flexibility index (Phi) is 3.99. The predicted molar refractivity (Wildman–Crippen MR) is 91.3 cm³/mol. The van der Waals surface area contributed by atoms with Crippen LogP contribution in [0.25, 0.3) is 0 Å². The molecule has 2 aliphatic rings. The van der Waals surface area contributed by atoms with Crippen LogP contribution in [0.2, 0.25) is 0 Å². The third-order valence-electron chi connectivity index (χ3n) is 5.16. The first kappa shape index (κ1) is 16.7. The van der Waals surface area contributed by atoms with Crippen LogP contribution in [0.4, 0.5) is 4.39 Å². The van der Waals surface area contributed by atoms with Crippen molar-refractivity contribution in [2.75, 3.05) is 6.54 Å². The molecule has 0 saturated heterocycles. The number of amides is 1. The SMILES string of the molecule is O=C(NCc1ccc(F)cc1)c1nc2n(c(=O)c1O)CCNC21CCC1. The van der Waals surface area contributed by atoms with Crippen LogP contribution in [-0.2, 0) is 18.6 Å². The van der Waals surface area contributed by atoms with Crippen molar-refractivity contribution < 1.29 is 14.3 Å². The number of hydrogen-bond acceptors (Lipinski definition) is 5. The second kappa shape index (κ2) is 6.21. The fourth-order valence-electron chi connectivity index (χ4n) is 3.56. The number of benzene rings is 1. The van der Waals surface area contributed by atoms with Crippen LogP contribution in [0, 0.1) is 5.82 Å². The van der Waals surface area contributed by atoms with Gasteiger partial charge in [0.25, 0.3) is 11.5 Å². The van der Waals surface area contributed by atoms with Gasteiger partial charge in [-0.25, -0.2) is 9.37 Å². The summed E-state index contributed by atoms with van der Waals surface area (Å²) in [6.07, 6.45) is 2.72. The van der Waals surface area contributed by atoms with E-state index in [0.717, 1.165) is 19.3 Å². The van der Waals surface area contributed by atoms with Gasteiger partial charge < -0.3 is 15.7 Å². The number of halogens is 1. The lowest BCUT2D eigenvalue weighted by atomic mass is 9.75. The molecular formula is C18H19FN4O3. The van der Waals surface area contributed by atoms with Gasteiger partial charge in [-0.3, -0.25) is 14.2 Å². The van der Waals surface area contributed by atoms with Crippen LogP contribution in [0.15, 0.2) is 29.1 Å². The molecule has 1 amide bonds. The molecule has 1 saturated carbocycles. The highest BCUT2D eigenvalue weighted by Gasteiger charge is 2.45. The highest BCUT2D eigenvalue weighted by Crippen LogP contribution is 2.41. The van der Waals surface area contributed by atoms with Gasteiger partial charge in [0.2, 0.25) is 5.75 Å². The number of hydrogen-bond donors (Lipinski definition) is 3. The summed E-state index contributed by atoms with van der Waals surface area (Å²) in [5.41, 5.74) is -0.531. The monoisotopic (exact) mass is 358 g/mol. The number of carbonyl (C=O) groups excluding carboxylic acids is 1. The second-order valence-electron chi connectivity index (χ2n) is 6.76. The first-order chi connectivity index (χ1) is 12.5. The number of carbonyl (C=O) groups is 1. The number of fused-ring (bicyclic) bond motifs is 2. The Morgan fingerprint density at radius 1 is 1.35 bits per heavy atom. The number of nitrogens with zero attached hydrogens (tertiary/aromatic N) is 2. The maximum absolute atomic E-state index is 12.9.